The molecule has 4 rings (SSSR count). The molecule has 5 nitrogen and oxygen atoms in total. The largest absolute Gasteiger partial charge is 0.381 e. The van der Waals surface area contributed by atoms with Gasteiger partial charge in [0.2, 0.25) is 0 Å². The van der Waals surface area contributed by atoms with Gasteiger partial charge in [0.1, 0.15) is 0 Å². The van der Waals surface area contributed by atoms with E-state index in [1.807, 2.05) is 13.8 Å². The van der Waals surface area contributed by atoms with Crippen molar-refractivity contribution in [2.24, 2.45) is 5.41 Å². The Bertz CT molecular complexity index is 810. The summed E-state index contributed by atoms with van der Waals surface area (Å²) in [6.45, 7) is 6.02. The Hall–Kier alpha value is -1.88. The number of fused-ring (bicyclic) bond motifs is 3. The van der Waals surface area contributed by atoms with Crippen LogP contribution in [0, 0.1) is 5.41 Å². The first kappa shape index (κ1) is 20.4. The van der Waals surface area contributed by atoms with Crippen LogP contribution < -0.4 is 5.32 Å². The summed E-state index contributed by atoms with van der Waals surface area (Å²) >= 11 is 0. The Balaban J connectivity index is 1.82. The highest BCUT2D eigenvalue weighted by Crippen LogP contribution is 2.60. The molecular weight excluding hydrogens is 364 g/mol. The number of urea groups is 1. The molecule has 3 aliphatic rings. The van der Waals surface area contributed by atoms with Crippen molar-refractivity contribution in [3.05, 3.63) is 34.9 Å². The number of imide groups is 1. The van der Waals surface area contributed by atoms with Crippen LogP contribution in [-0.4, -0.2) is 36.1 Å². The quantitative estimate of drug-likeness (QED) is 0.752. The summed E-state index contributed by atoms with van der Waals surface area (Å²) in [7, 11) is 1.77. The molecule has 1 saturated carbocycles. The summed E-state index contributed by atoms with van der Waals surface area (Å²) in [6, 6.07) is 6.23. The number of amides is 3. The number of nitrogens with zero attached hydrogens (tertiary/aromatic N) is 1. The van der Waals surface area contributed by atoms with E-state index >= 15 is 0 Å². The smallest absolute Gasteiger partial charge is 0.325 e. The minimum Gasteiger partial charge on any atom is -0.381 e. The van der Waals surface area contributed by atoms with Crippen LogP contribution in [0.1, 0.15) is 76.0 Å². The second kappa shape index (κ2) is 7.42. The average Bonchev–Trinajstić information content (AvgIpc) is 3.13. The molecule has 0 aromatic heterocycles. The van der Waals surface area contributed by atoms with Gasteiger partial charge in [0.05, 0.1) is 6.10 Å². The maximum absolute atomic E-state index is 13.9. The van der Waals surface area contributed by atoms with Crippen molar-refractivity contribution in [3.8, 4) is 0 Å². The van der Waals surface area contributed by atoms with Gasteiger partial charge in [-0.3, -0.25) is 9.69 Å². The third kappa shape index (κ3) is 2.92. The first-order valence-corrected chi connectivity index (χ1v) is 11.2. The molecule has 0 bridgehead atoms. The maximum atomic E-state index is 13.9. The average molecular weight is 399 g/mol. The van der Waals surface area contributed by atoms with Crippen LogP contribution in [0.25, 0.3) is 0 Å². The van der Waals surface area contributed by atoms with E-state index in [4.69, 9.17) is 4.74 Å². The fraction of sp³-hybridized carbons (Fsp3) is 0.667. The Morgan fingerprint density at radius 3 is 2.55 bits per heavy atom. The number of unbranched alkanes of at least 4 members (excludes halogenated alkanes) is 1. The van der Waals surface area contributed by atoms with E-state index in [9.17, 15) is 9.59 Å². The zero-order valence-electron chi connectivity index (χ0n) is 18.2. The van der Waals surface area contributed by atoms with E-state index in [2.05, 4.69) is 30.4 Å². The number of nitrogens with one attached hydrogen (secondary N) is 1. The van der Waals surface area contributed by atoms with Gasteiger partial charge < -0.3 is 10.1 Å². The molecule has 0 radical (unpaired) electrons. The number of aryl methyl sites for hydroxylation is 1. The van der Waals surface area contributed by atoms with Crippen LogP contribution >= 0.6 is 0 Å². The van der Waals surface area contributed by atoms with Crippen LogP contribution in [0.5, 0.6) is 0 Å². The molecule has 1 unspecified atom stereocenters. The molecule has 1 aromatic carbocycles. The molecule has 158 valence electrons. The molecule has 1 aromatic rings. The van der Waals surface area contributed by atoms with E-state index in [1.54, 1.807) is 7.11 Å². The fourth-order valence-corrected chi connectivity index (χ4v) is 5.94. The van der Waals surface area contributed by atoms with E-state index in [0.29, 0.717) is 0 Å². The molecule has 1 saturated heterocycles. The van der Waals surface area contributed by atoms with Crippen LogP contribution in [0.2, 0.25) is 0 Å². The van der Waals surface area contributed by atoms with Crippen molar-refractivity contribution in [2.45, 2.75) is 89.8 Å². The third-order valence-corrected chi connectivity index (χ3v) is 7.51. The van der Waals surface area contributed by atoms with Crippen molar-refractivity contribution in [3.63, 3.8) is 0 Å². The molecule has 3 amide bonds. The zero-order chi connectivity index (χ0) is 20.8. The van der Waals surface area contributed by atoms with Crippen molar-refractivity contribution >= 4 is 11.9 Å². The van der Waals surface area contributed by atoms with Crippen LogP contribution in [0.3, 0.4) is 0 Å². The standard InChI is InChI=1S/C24H34N2O3/c1-5-6-7-17-8-9-18-15-23(12-10-19(29-4)11-13-23)24(20(18)14-17)21(27)26(16(2)3)22(28)25-24/h8-9,14,16,19H,5-7,10-13,15H2,1-4H3,(H,25,28)/t19-,23-,24?. The fourth-order valence-electron chi connectivity index (χ4n) is 5.94. The first-order valence-electron chi connectivity index (χ1n) is 11.2. The molecule has 2 spiro atoms. The highest BCUT2D eigenvalue weighted by atomic mass is 16.5. The summed E-state index contributed by atoms with van der Waals surface area (Å²) in [5.74, 6) is -0.0558. The summed E-state index contributed by atoms with van der Waals surface area (Å²) in [6.07, 6.45) is 8.02. The van der Waals surface area contributed by atoms with Crippen molar-refractivity contribution in [1.82, 2.24) is 10.2 Å². The van der Waals surface area contributed by atoms with Crippen molar-refractivity contribution in [2.75, 3.05) is 7.11 Å². The number of hydrogen-bond donors (Lipinski definition) is 1. The highest BCUT2D eigenvalue weighted by Gasteiger charge is 2.68. The Morgan fingerprint density at radius 2 is 1.97 bits per heavy atom. The lowest BCUT2D eigenvalue weighted by molar-refractivity contribution is -0.139. The highest BCUT2D eigenvalue weighted by molar-refractivity contribution is 6.09. The normalized spacial score (nSPS) is 31.2. The minimum absolute atomic E-state index is 0.0558. The van der Waals surface area contributed by atoms with E-state index in [-0.39, 0.29) is 29.5 Å². The van der Waals surface area contributed by atoms with Gasteiger partial charge in [-0.15, -0.1) is 0 Å². The Labute approximate surface area is 174 Å². The van der Waals surface area contributed by atoms with Gasteiger partial charge in [-0.2, -0.15) is 0 Å². The lowest BCUT2D eigenvalue weighted by atomic mass is 9.61. The zero-order valence-corrected chi connectivity index (χ0v) is 18.2. The number of carbonyl (C=O) groups excluding carboxylic acids is 2. The number of methoxy groups -OCH3 is 1. The SMILES string of the molecule is CCCCc1ccc2c(c1)C1(NC(=O)N(C(C)C)C1=O)[C@]1(CC[C@H](OC)CC1)C2. The van der Waals surface area contributed by atoms with Gasteiger partial charge in [-0.05, 0) is 75.5 Å². The van der Waals surface area contributed by atoms with Gasteiger partial charge >= 0.3 is 6.03 Å². The first-order chi connectivity index (χ1) is 13.9. The number of ether oxygens (including phenoxy) is 1. The second-order valence-corrected chi connectivity index (χ2v) is 9.44. The molecule has 5 heteroatoms. The monoisotopic (exact) mass is 398 g/mol. The molecule has 1 N–H and O–H groups in total. The molecule has 1 aliphatic heterocycles. The predicted octanol–water partition coefficient (Wildman–Crippen LogP) is 4.32. The van der Waals surface area contributed by atoms with Crippen molar-refractivity contribution < 1.29 is 14.3 Å². The molecule has 2 fully saturated rings. The van der Waals surface area contributed by atoms with Gasteiger partial charge in [0, 0.05) is 18.6 Å². The minimum atomic E-state index is -0.926. The lowest BCUT2D eigenvalue weighted by Gasteiger charge is -2.46. The van der Waals surface area contributed by atoms with Gasteiger partial charge in [0.15, 0.2) is 5.54 Å². The summed E-state index contributed by atoms with van der Waals surface area (Å²) < 4.78 is 5.61. The molecule has 1 heterocycles. The number of hydrogen-bond acceptors (Lipinski definition) is 3. The van der Waals surface area contributed by atoms with Gasteiger partial charge in [-0.1, -0.05) is 31.5 Å². The van der Waals surface area contributed by atoms with Crippen LogP contribution in [0.4, 0.5) is 4.79 Å². The predicted molar refractivity (Wildman–Crippen MR) is 113 cm³/mol. The number of benzene rings is 1. The number of carbonyl (C=O) groups is 2. The Kier molecular flexibility index (Phi) is 5.22. The van der Waals surface area contributed by atoms with Crippen molar-refractivity contribution in [1.29, 1.82) is 0 Å². The summed E-state index contributed by atoms with van der Waals surface area (Å²) in [4.78, 5) is 28.3. The van der Waals surface area contributed by atoms with E-state index in [0.717, 1.165) is 56.9 Å². The lowest BCUT2D eigenvalue weighted by Crippen LogP contribution is -2.57. The van der Waals surface area contributed by atoms with E-state index < -0.39 is 5.54 Å². The third-order valence-electron chi connectivity index (χ3n) is 7.51. The van der Waals surface area contributed by atoms with Crippen LogP contribution in [0.15, 0.2) is 18.2 Å². The van der Waals surface area contributed by atoms with Gasteiger partial charge in [-0.25, -0.2) is 4.79 Å². The second-order valence-electron chi connectivity index (χ2n) is 9.44. The summed E-state index contributed by atoms with van der Waals surface area (Å²) in [5.41, 5.74) is 2.34. The molecular formula is C24H34N2O3. The molecule has 29 heavy (non-hydrogen) atoms. The number of rotatable bonds is 5. The Morgan fingerprint density at radius 1 is 1.24 bits per heavy atom. The van der Waals surface area contributed by atoms with Crippen LogP contribution in [-0.2, 0) is 27.9 Å². The summed E-state index contributed by atoms with van der Waals surface area (Å²) in [5, 5.41) is 3.24. The molecule has 2 aliphatic carbocycles. The van der Waals surface area contributed by atoms with Gasteiger partial charge in [0.25, 0.3) is 5.91 Å². The van der Waals surface area contributed by atoms with E-state index in [1.165, 1.54) is 16.0 Å². The maximum Gasteiger partial charge on any atom is 0.325 e. The molecule has 1 atom stereocenters. The topological polar surface area (TPSA) is 58.6 Å².